The van der Waals surface area contributed by atoms with Crippen LogP contribution >= 0.6 is 39.1 Å². The second-order valence-electron chi connectivity index (χ2n) is 4.71. The molecule has 4 nitrogen and oxygen atoms in total. The molecular formula is C12H13BrCl2FNO3S. The molecule has 0 N–H and O–H groups in total. The molecule has 2 unspecified atom stereocenters. The summed E-state index contributed by atoms with van der Waals surface area (Å²) in [6, 6.07) is 2.04. The Morgan fingerprint density at radius 2 is 2.14 bits per heavy atom. The number of hydrogen-bond donors (Lipinski definition) is 0. The fourth-order valence-electron chi connectivity index (χ4n) is 2.05. The van der Waals surface area contributed by atoms with Crippen molar-refractivity contribution in [3.05, 3.63) is 28.0 Å². The van der Waals surface area contributed by atoms with E-state index >= 15 is 0 Å². The fourth-order valence-corrected chi connectivity index (χ4v) is 4.81. The van der Waals surface area contributed by atoms with Gasteiger partial charge in [-0.1, -0.05) is 39.1 Å². The molecular weight excluding hydrogens is 408 g/mol. The summed E-state index contributed by atoms with van der Waals surface area (Å²) in [4.78, 5) is -0.284. The first-order valence-corrected chi connectivity index (χ1v) is 9.43. The highest BCUT2D eigenvalue weighted by molar-refractivity contribution is 9.09. The summed E-state index contributed by atoms with van der Waals surface area (Å²) < 4.78 is 45.9. The zero-order valence-electron chi connectivity index (χ0n) is 11.0. The van der Waals surface area contributed by atoms with E-state index in [0.717, 1.165) is 0 Å². The van der Waals surface area contributed by atoms with Gasteiger partial charge in [0.25, 0.3) is 0 Å². The number of nitrogens with zero attached hydrogens (tertiary/aromatic N) is 1. The van der Waals surface area contributed by atoms with Crippen LogP contribution in [0.15, 0.2) is 17.0 Å². The minimum atomic E-state index is -3.92. The van der Waals surface area contributed by atoms with Crippen molar-refractivity contribution in [3.63, 3.8) is 0 Å². The van der Waals surface area contributed by atoms with Gasteiger partial charge in [-0.25, -0.2) is 12.8 Å². The van der Waals surface area contributed by atoms with Gasteiger partial charge in [0.2, 0.25) is 10.0 Å². The first-order valence-electron chi connectivity index (χ1n) is 6.12. The summed E-state index contributed by atoms with van der Waals surface area (Å²) in [5.74, 6) is -0.933. The molecule has 2 atom stereocenters. The van der Waals surface area contributed by atoms with Crippen LogP contribution in [0.1, 0.15) is 6.92 Å². The topological polar surface area (TPSA) is 46.6 Å². The molecule has 9 heteroatoms. The predicted molar refractivity (Wildman–Crippen MR) is 83.3 cm³/mol. The Balaban J connectivity index is 2.44. The smallest absolute Gasteiger partial charge is 0.245 e. The molecule has 1 aliphatic heterocycles. The first kappa shape index (κ1) is 17.4. The van der Waals surface area contributed by atoms with E-state index in [1.807, 2.05) is 0 Å². The molecule has 0 bridgehead atoms. The third-order valence-corrected chi connectivity index (χ3v) is 6.72. The summed E-state index contributed by atoms with van der Waals surface area (Å²) in [6.07, 6.45) is -0.258. The van der Waals surface area contributed by atoms with Crippen LogP contribution in [-0.2, 0) is 14.8 Å². The van der Waals surface area contributed by atoms with E-state index in [0.29, 0.717) is 5.33 Å². The highest BCUT2D eigenvalue weighted by Gasteiger charge is 2.37. The second kappa shape index (κ2) is 6.68. The zero-order chi connectivity index (χ0) is 15.8. The van der Waals surface area contributed by atoms with Gasteiger partial charge in [0, 0.05) is 17.9 Å². The van der Waals surface area contributed by atoms with Gasteiger partial charge in [0.05, 0.1) is 22.8 Å². The Labute approximate surface area is 141 Å². The molecule has 1 aromatic rings. The van der Waals surface area contributed by atoms with Crippen molar-refractivity contribution >= 4 is 49.2 Å². The highest BCUT2D eigenvalue weighted by Crippen LogP contribution is 2.33. The van der Waals surface area contributed by atoms with Crippen LogP contribution in [0.2, 0.25) is 10.0 Å². The second-order valence-corrected chi connectivity index (χ2v) is 8.00. The Bertz CT molecular complexity index is 644. The molecule has 1 heterocycles. The number of alkyl halides is 1. The average molecular weight is 421 g/mol. The maximum atomic E-state index is 13.7. The number of morpholine rings is 1. The van der Waals surface area contributed by atoms with Gasteiger partial charge in [-0.3, -0.25) is 0 Å². The number of benzene rings is 1. The van der Waals surface area contributed by atoms with Gasteiger partial charge >= 0.3 is 0 Å². The van der Waals surface area contributed by atoms with Crippen LogP contribution in [0.4, 0.5) is 4.39 Å². The molecule has 0 amide bonds. The van der Waals surface area contributed by atoms with Crippen LogP contribution in [-0.4, -0.2) is 43.4 Å². The lowest BCUT2D eigenvalue weighted by atomic mass is 10.2. The number of sulfonamides is 1. The Hall–Kier alpha value is 0.0800. The minimum absolute atomic E-state index is 0.176. The van der Waals surface area contributed by atoms with Crippen LogP contribution in [0.25, 0.3) is 0 Å². The van der Waals surface area contributed by atoms with Gasteiger partial charge in [-0.05, 0) is 19.1 Å². The third-order valence-electron chi connectivity index (χ3n) is 3.21. The van der Waals surface area contributed by atoms with Gasteiger partial charge in [0.1, 0.15) is 4.90 Å². The lowest BCUT2D eigenvalue weighted by Crippen LogP contribution is -2.51. The Kier molecular flexibility index (Phi) is 5.55. The molecule has 0 saturated carbocycles. The van der Waals surface area contributed by atoms with Crippen molar-refractivity contribution in [2.75, 3.05) is 18.5 Å². The van der Waals surface area contributed by atoms with Crippen molar-refractivity contribution in [3.8, 4) is 0 Å². The molecule has 2 rings (SSSR count). The van der Waals surface area contributed by atoms with Crippen molar-refractivity contribution in [2.24, 2.45) is 0 Å². The van der Waals surface area contributed by atoms with Crippen LogP contribution < -0.4 is 0 Å². The summed E-state index contributed by atoms with van der Waals surface area (Å²) >= 11 is 14.7. The van der Waals surface area contributed by atoms with Gasteiger partial charge < -0.3 is 4.74 Å². The third kappa shape index (κ3) is 3.38. The number of rotatable bonds is 3. The molecule has 1 saturated heterocycles. The summed E-state index contributed by atoms with van der Waals surface area (Å²) in [5, 5.41) is -0.196. The van der Waals surface area contributed by atoms with E-state index in [2.05, 4.69) is 15.9 Å². The van der Waals surface area contributed by atoms with E-state index < -0.39 is 20.9 Å². The molecule has 0 aromatic heterocycles. The van der Waals surface area contributed by atoms with E-state index in [1.165, 1.54) is 16.4 Å². The van der Waals surface area contributed by atoms with E-state index in [4.69, 9.17) is 27.9 Å². The summed E-state index contributed by atoms with van der Waals surface area (Å²) in [6.45, 7) is 2.17. The average Bonchev–Trinajstić information content (AvgIpc) is 2.45. The molecule has 1 fully saturated rings. The molecule has 0 radical (unpaired) electrons. The van der Waals surface area contributed by atoms with Crippen LogP contribution in [0.3, 0.4) is 0 Å². The SMILES string of the molecule is CC1COC(CBr)CN1S(=O)(=O)c1ccc(Cl)c(F)c1Cl. The Morgan fingerprint density at radius 3 is 2.76 bits per heavy atom. The maximum absolute atomic E-state index is 13.7. The minimum Gasteiger partial charge on any atom is -0.374 e. The predicted octanol–water partition coefficient (Wildman–Crippen LogP) is 3.31. The standard InChI is InChI=1S/C12H13BrCl2FNO3S/c1-7-6-20-8(4-13)5-17(7)21(18,19)10-3-2-9(14)12(16)11(10)15/h2-3,7-8H,4-6H2,1H3. The lowest BCUT2D eigenvalue weighted by molar-refractivity contribution is -0.0139. The number of ether oxygens (including phenoxy) is 1. The molecule has 118 valence electrons. The van der Waals surface area contributed by atoms with Crippen molar-refractivity contribution < 1.29 is 17.5 Å². The molecule has 21 heavy (non-hydrogen) atoms. The van der Waals surface area contributed by atoms with Gasteiger partial charge in [0.15, 0.2) is 5.82 Å². The molecule has 1 aliphatic rings. The van der Waals surface area contributed by atoms with E-state index in [9.17, 15) is 12.8 Å². The quantitative estimate of drug-likeness (QED) is 0.556. The molecule has 0 spiro atoms. The monoisotopic (exact) mass is 419 g/mol. The normalized spacial score (nSPS) is 24.2. The largest absolute Gasteiger partial charge is 0.374 e. The van der Waals surface area contributed by atoms with Crippen molar-refractivity contribution in [1.82, 2.24) is 4.31 Å². The zero-order valence-corrected chi connectivity index (χ0v) is 14.9. The Morgan fingerprint density at radius 1 is 1.48 bits per heavy atom. The number of halogens is 4. The maximum Gasteiger partial charge on any atom is 0.245 e. The molecule has 1 aromatic carbocycles. The van der Waals surface area contributed by atoms with Crippen molar-refractivity contribution in [1.29, 1.82) is 0 Å². The van der Waals surface area contributed by atoms with Crippen LogP contribution in [0.5, 0.6) is 0 Å². The number of hydrogen-bond acceptors (Lipinski definition) is 3. The summed E-state index contributed by atoms with van der Waals surface area (Å²) in [7, 11) is -3.92. The van der Waals surface area contributed by atoms with Gasteiger partial charge in [-0.2, -0.15) is 4.31 Å². The van der Waals surface area contributed by atoms with E-state index in [1.54, 1.807) is 6.92 Å². The fraction of sp³-hybridized carbons (Fsp3) is 0.500. The summed E-state index contributed by atoms with van der Waals surface area (Å²) in [5.41, 5.74) is 0. The van der Waals surface area contributed by atoms with Gasteiger partial charge in [-0.15, -0.1) is 0 Å². The van der Waals surface area contributed by atoms with E-state index in [-0.39, 0.29) is 35.2 Å². The highest BCUT2D eigenvalue weighted by atomic mass is 79.9. The first-order chi connectivity index (χ1) is 9.78. The van der Waals surface area contributed by atoms with Crippen LogP contribution in [0, 0.1) is 5.82 Å². The lowest BCUT2D eigenvalue weighted by Gasteiger charge is -2.36. The van der Waals surface area contributed by atoms with Crippen molar-refractivity contribution in [2.45, 2.75) is 24.0 Å². The molecule has 0 aliphatic carbocycles.